The lowest BCUT2D eigenvalue weighted by atomic mass is 10.0. The van der Waals surface area contributed by atoms with Crippen LogP contribution in [0.3, 0.4) is 0 Å². The molecule has 3 rings (SSSR count). The molecule has 1 fully saturated rings. The minimum absolute atomic E-state index is 0.148. The van der Waals surface area contributed by atoms with Gasteiger partial charge in [-0.3, -0.25) is 9.59 Å². The van der Waals surface area contributed by atoms with Crippen molar-refractivity contribution < 1.29 is 14.3 Å². The second-order valence-corrected chi connectivity index (χ2v) is 7.66. The molecule has 1 saturated carbocycles. The largest absolute Gasteiger partial charge is 0.481 e. The number of amides is 2. The monoisotopic (exact) mass is 430 g/mol. The van der Waals surface area contributed by atoms with Crippen molar-refractivity contribution in [2.75, 3.05) is 0 Å². The molecule has 0 saturated heterocycles. The minimum atomic E-state index is -0.710. The van der Waals surface area contributed by atoms with E-state index in [1.54, 1.807) is 19.1 Å². The Bertz CT molecular complexity index is 776. The van der Waals surface area contributed by atoms with Crippen LogP contribution >= 0.6 is 15.9 Å². The van der Waals surface area contributed by atoms with Crippen molar-refractivity contribution in [1.82, 2.24) is 10.6 Å². The van der Waals surface area contributed by atoms with Gasteiger partial charge in [0.2, 0.25) is 5.91 Å². The lowest BCUT2D eigenvalue weighted by Crippen LogP contribution is -2.51. The third-order valence-electron chi connectivity index (χ3n) is 4.34. The van der Waals surface area contributed by atoms with Gasteiger partial charge in [-0.25, -0.2) is 0 Å². The summed E-state index contributed by atoms with van der Waals surface area (Å²) in [5, 5.41) is 5.82. The molecule has 2 aromatic carbocycles. The Hall–Kier alpha value is -2.34. The van der Waals surface area contributed by atoms with Crippen LogP contribution in [0.15, 0.2) is 59.1 Å². The Morgan fingerprint density at radius 3 is 2.37 bits per heavy atom. The zero-order chi connectivity index (χ0) is 19.2. The molecule has 2 N–H and O–H groups in total. The molecule has 27 heavy (non-hydrogen) atoms. The standard InChI is InChI=1S/C21H23BrN2O3/c1-14(27-18-11-7-16(22)8-12-18)20(25)24-19(21(26)23-17-9-10-17)13-15-5-3-2-4-6-15/h2-8,11-12,14,17,19H,9-10,13H2,1H3,(H,23,26)(H,24,25). The first kappa shape index (κ1) is 19.4. The summed E-state index contributed by atoms with van der Waals surface area (Å²) in [6, 6.07) is 16.6. The Balaban J connectivity index is 1.63. The summed E-state index contributed by atoms with van der Waals surface area (Å²) in [6.07, 6.45) is 1.73. The Kier molecular flexibility index (Phi) is 6.50. The van der Waals surface area contributed by atoms with Gasteiger partial charge in [-0.2, -0.15) is 0 Å². The second kappa shape index (κ2) is 9.04. The van der Waals surface area contributed by atoms with Gasteiger partial charge in [0, 0.05) is 16.9 Å². The number of carbonyl (C=O) groups excluding carboxylic acids is 2. The number of halogens is 1. The average molecular weight is 431 g/mol. The normalized spacial score (nSPS) is 15.5. The number of nitrogens with one attached hydrogen (secondary N) is 2. The zero-order valence-corrected chi connectivity index (χ0v) is 16.7. The van der Waals surface area contributed by atoms with Crippen LogP contribution < -0.4 is 15.4 Å². The van der Waals surface area contributed by atoms with E-state index in [4.69, 9.17) is 4.74 Å². The fraction of sp³-hybridized carbons (Fsp3) is 0.333. The van der Waals surface area contributed by atoms with Crippen molar-refractivity contribution in [3.8, 4) is 5.75 Å². The molecule has 0 bridgehead atoms. The summed E-state index contributed by atoms with van der Waals surface area (Å²) >= 11 is 3.37. The third-order valence-corrected chi connectivity index (χ3v) is 4.86. The van der Waals surface area contributed by atoms with Crippen molar-refractivity contribution in [2.45, 2.75) is 44.4 Å². The molecule has 2 amide bonds. The number of benzene rings is 2. The van der Waals surface area contributed by atoms with E-state index in [0.717, 1.165) is 22.9 Å². The maximum absolute atomic E-state index is 12.6. The molecule has 1 aliphatic rings. The summed E-state index contributed by atoms with van der Waals surface area (Å²) < 4.78 is 6.63. The van der Waals surface area contributed by atoms with Gasteiger partial charge < -0.3 is 15.4 Å². The number of rotatable bonds is 8. The molecular formula is C21H23BrN2O3. The van der Waals surface area contributed by atoms with E-state index in [1.807, 2.05) is 42.5 Å². The van der Waals surface area contributed by atoms with E-state index >= 15 is 0 Å². The van der Waals surface area contributed by atoms with Gasteiger partial charge in [0.05, 0.1) is 0 Å². The quantitative estimate of drug-likeness (QED) is 0.675. The van der Waals surface area contributed by atoms with Crippen LogP contribution in [0, 0.1) is 0 Å². The summed E-state index contributed by atoms with van der Waals surface area (Å²) in [5.41, 5.74) is 0.996. The van der Waals surface area contributed by atoms with Crippen LogP contribution in [0.4, 0.5) is 0 Å². The van der Waals surface area contributed by atoms with Crippen LogP contribution in [-0.2, 0) is 16.0 Å². The van der Waals surface area contributed by atoms with E-state index in [1.165, 1.54) is 0 Å². The van der Waals surface area contributed by atoms with Gasteiger partial charge in [0.1, 0.15) is 11.8 Å². The number of ether oxygens (including phenoxy) is 1. The summed E-state index contributed by atoms with van der Waals surface area (Å²) in [6.45, 7) is 1.68. The zero-order valence-electron chi connectivity index (χ0n) is 15.2. The molecule has 2 atom stereocenters. The van der Waals surface area contributed by atoms with E-state index in [-0.39, 0.29) is 17.9 Å². The van der Waals surface area contributed by atoms with Crippen molar-refractivity contribution >= 4 is 27.7 Å². The van der Waals surface area contributed by atoms with Gasteiger partial charge in [0.15, 0.2) is 6.10 Å². The first-order valence-corrected chi connectivity index (χ1v) is 9.87. The maximum atomic E-state index is 12.6. The van der Waals surface area contributed by atoms with E-state index in [0.29, 0.717) is 12.2 Å². The van der Waals surface area contributed by atoms with Crippen LogP contribution in [-0.4, -0.2) is 30.0 Å². The third kappa shape index (κ3) is 6.10. The molecule has 142 valence electrons. The molecule has 1 aliphatic carbocycles. The lowest BCUT2D eigenvalue weighted by molar-refractivity contribution is -0.132. The van der Waals surface area contributed by atoms with Crippen LogP contribution in [0.1, 0.15) is 25.3 Å². The van der Waals surface area contributed by atoms with Gasteiger partial charge in [-0.1, -0.05) is 46.3 Å². The molecule has 0 radical (unpaired) electrons. The molecule has 0 heterocycles. The molecule has 2 aromatic rings. The topological polar surface area (TPSA) is 67.4 Å². The van der Waals surface area contributed by atoms with Crippen LogP contribution in [0.2, 0.25) is 0 Å². The predicted octanol–water partition coefficient (Wildman–Crippen LogP) is 3.22. The first-order valence-electron chi connectivity index (χ1n) is 9.08. The highest BCUT2D eigenvalue weighted by Crippen LogP contribution is 2.19. The first-order chi connectivity index (χ1) is 13.0. The van der Waals surface area contributed by atoms with Crippen molar-refractivity contribution in [3.05, 3.63) is 64.6 Å². The Morgan fingerprint density at radius 1 is 1.07 bits per heavy atom. The highest BCUT2D eigenvalue weighted by molar-refractivity contribution is 9.10. The summed E-state index contributed by atoms with van der Waals surface area (Å²) in [7, 11) is 0. The number of hydrogen-bond donors (Lipinski definition) is 2. The predicted molar refractivity (Wildman–Crippen MR) is 107 cm³/mol. The van der Waals surface area contributed by atoms with Crippen LogP contribution in [0.25, 0.3) is 0 Å². The molecule has 0 aromatic heterocycles. The molecule has 2 unspecified atom stereocenters. The fourth-order valence-corrected chi connectivity index (χ4v) is 2.91. The second-order valence-electron chi connectivity index (χ2n) is 6.75. The van der Waals surface area contributed by atoms with E-state index in [2.05, 4.69) is 26.6 Å². The minimum Gasteiger partial charge on any atom is -0.481 e. The highest BCUT2D eigenvalue weighted by Gasteiger charge is 2.29. The molecular weight excluding hydrogens is 408 g/mol. The lowest BCUT2D eigenvalue weighted by Gasteiger charge is -2.21. The van der Waals surface area contributed by atoms with E-state index < -0.39 is 12.1 Å². The maximum Gasteiger partial charge on any atom is 0.261 e. The molecule has 0 spiro atoms. The SMILES string of the molecule is CC(Oc1ccc(Br)cc1)C(=O)NC(Cc1ccccc1)C(=O)NC1CC1. The molecule has 6 heteroatoms. The van der Waals surface area contributed by atoms with Gasteiger partial charge in [-0.15, -0.1) is 0 Å². The van der Waals surface area contributed by atoms with Crippen molar-refractivity contribution in [2.24, 2.45) is 0 Å². The molecule has 0 aliphatic heterocycles. The van der Waals surface area contributed by atoms with Crippen molar-refractivity contribution in [1.29, 1.82) is 0 Å². The van der Waals surface area contributed by atoms with Gasteiger partial charge in [-0.05, 0) is 49.6 Å². The van der Waals surface area contributed by atoms with E-state index in [9.17, 15) is 9.59 Å². The summed E-state index contributed by atoms with van der Waals surface area (Å²) in [5.74, 6) is 0.137. The number of hydrogen-bond acceptors (Lipinski definition) is 3. The highest BCUT2D eigenvalue weighted by atomic mass is 79.9. The Morgan fingerprint density at radius 2 is 1.74 bits per heavy atom. The Labute approximate surface area is 167 Å². The molecule has 5 nitrogen and oxygen atoms in total. The smallest absolute Gasteiger partial charge is 0.261 e. The number of carbonyl (C=O) groups is 2. The van der Waals surface area contributed by atoms with Crippen molar-refractivity contribution in [3.63, 3.8) is 0 Å². The van der Waals surface area contributed by atoms with Gasteiger partial charge in [0.25, 0.3) is 5.91 Å². The average Bonchev–Trinajstić information content (AvgIpc) is 3.47. The fourth-order valence-electron chi connectivity index (χ4n) is 2.65. The van der Waals surface area contributed by atoms with Gasteiger partial charge >= 0.3 is 0 Å². The van der Waals surface area contributed by atoms with Crippen LogP contribution in [0.5, 0.6) is 5.75 Å². The summed E-state index contributed by atoms with van der Waals surface area (Å²) in [4.78, 5) is 25.2.